The molecule has 1 atom stereocenters. The minimum atomic E-state index is 0.648. The van der Waals surface area contributed by atoms with Crippen LogP contribution < -0.4 is 10.1 Å². The third kappa shape index (κ3) is 3.80. The van der Waals surface area contributed by atoms with E-state index < -0.39 is 0 Å². The second-order valence-electron chi connectivity index (χ2n) is 4.26. The SMILES string of the molecule is COc1ccc(CNC2CCCSC2)cc1Cl. The van der Waals surface area contributed by atoms with E-state index in [0.717, 1.165) is 12.3 Å². The van der Waals surface area contributed by atoms with Gasteiger partial charge in [-0.2, -0.15) is 11.8 Å². The van der Waals surface area contributed by atoms with E-state index in [4.69, 9.17) is 16.3 Å². The lowest BCUT2D eigenvalue weighted by Crippen LogP contribution is -2.33. The molecule has 1 aromatic carbocycles. The fourth-order valence-corrected chi connectivity index (χ4v) is 3.37. The van der Waals surface area contributed by atoms with Crippen molar-refractivity contribution >= 4 is 23.4 Å². The standard InChI is InChI=1S/C13H18ClNOS/c1-16-13-5-4-10(7-12(13)14)8-15-11-3-2-6-17-9-11/h4-5,7,11,15H,2-3,6,8-9H2,1H3. The number of benzene rings is 1. The molecule has 94 valence electrons. The Balaban J connectivity index is 1.87. The maximum Gasteiger partial charge on any atom is 0.137 e. The summed E-state index contributed by atoms with van der Waals surface area (Å²) in [5.74, 6) is 3.28. The average Bonchev–Trinajstić information content (AvgIpc) is 2.38. The summed E-state index contributed by atoms with van der Waals surface area (Å²) in [5, 5.41) is 4.27. The Morgan fingerprint density at radius 1 is 1.53 bits per heavy atom. The zero-order valence-electron chi connectivity index (χ0n) is 10.0. The van der Waals surface area contributed by atoms with E-state index in [2.05, 4.69) is 11.4 Å². The fraction of sp³-hybridized carbons (Fsp3) is 0.538. The van der Waals surface area contributed by atoms with Gasteiger partial charge < -0.3 is 10.1 Å². The number of hydrogen-bond acceptors (Lipinski definition) is 3. The van der Waals surface area contributed by atoms with Crippen molar-refractivity contribution in [3.63, 3.8) is 0 Å². The molecule has 2 nitrogen and oxygen atoms in total. The number of halogens is 1. The van der Waals surface area contributed by atoms with E-state index in [-0.39, 0.29) is 0 Å². The lowest BCUT2D eigenvalue weighted by Gasteiger charge is -2.22. The summed E-state index contributed by atoms with van der Waals surface area (Å²) in [7, 11) is 1.64. The molecule has 0 radical (unpaired) electrons. The summed E-state index contributed by atoms with van der Waals surface area (Å²) >= 11 is 8.13. The van der Waals surface area contributed by atoms with Crippen LogP contribution in [-0.4, -0.2) is 24.7 Å². The Labute approximate surface area is 112 Å². The molecule has 4 heteroatoms. The molecule has 1 aromatic rings. The van der Waals surface area contributed by atoms with Gasteiger partial charge in [-0.1, -0.05) is 17.7 Å². The average molecular weight is 272 g/mol. The van der Waals surface area contributed by atoms with Crippen LogP contribution in [0.2, 0.25) is 5.02 Å². The predicted molar refractivity (Wildman–Crippen MR) is 75.2 cm³/mol. The molecular formula is C13H18ClNOS. The van der Waals surface area contributed by atoms with Gasteiger partial charge >= 0.3 is 0 Å². The van der Waals surface area contributed by atoms with E-state index >= 15 is 0 Å². The molecular weight excluding hydrogens is 254 g/mol. The topological polar surface area (TPSA) is 21.3 Å². The molecule has 1 aliphatic heterocycles. The lowest BCUT2D eigenvalue weighted by atomic mass is 10.1. The van der Waals surface area contributed by atoms with E-state index in [1.807, 2.05) is 23.9 Å². The first-order valence-electron chi connectivity index (χ1n) is 5.93. The Hall–Kier alpha value is -0.380. The van der Waals surface area contributed by atoms with Gasteiger partial charge in [0.05, 0.1) is 12.1 Å². The largest absolute Gasteiger partial charge is 0.495 e. The van der Waals surface area contributed by atoms with Crippen molar-refractivity contribution < 1.29 is 4.74 Å². The lowest BCUT2D eigenvalue weighted by molar-refractivity contribution is 0.414. The van der Waals surface area contributed by atoms with E-state index in [9.17, 15) is 0 Å². The Morgan fingerprint density at radius 3 is 3.06 bits per heavy atom. The number of nitrogens with one attached hydrogen (secondary N) is 1. The van der Waals surface area contributed by atoms with Crippen molar-refractivity contribution in [2.45, 2.75) is 25.4 Å². The van der Waals surface area contributed by atoms with Crippen molar-refractivity contribution in [3.8, 4) is 5.75 Å². The van der Waals surface area contributed by atoms with Crippen LogP contribution in [0.25, 0.3) is 0 Å². The van der Waals surface area contributed by atoms with Crippen molar-refractivity contribution in [2.75, 3.05) is 18.6 Å². The summed E-state index contributed by atoms with van der Waals surface area (Å²) in [6, 6.07) is 6.61. The first kappa shape index (κ1) is 13.1. The van der Waals surface area contributed by atoms with Crippen LogP contribution in [0.5, 0.6) is 5.75 Å². The number of methoxy groups -OCH3 is 1. The van der Waals surface area contributed by atoms with Crippen LogP contribution in [0.15, 0.2) is 18.2 Å². The second kappa shape index (κ2) is 6.53. The minimum Gasteiger partial charge on any atom is -0.495 e. The highest BCUT2D eigenvalue weighted by Crippen LogP contribution is 2.25. The molecule has 0 amide bonds. The third-order valence-electron chi connectivity index (χ3n) is 2.97. The molecule has 1 heterocycles. The number of thioether (sulfide) groups is 1. The molecule has 1 aliphatic rings. The number of ether oxygens (including phenoxy) is 1. The molecule has 1 fully saturated rings. The number of hydrogen-bond donors (Lipinski definition) is 1. The highest BCUT2D eigenvalue weighted by Gasteiger charge is 2.12. The van der Waals surface area contributed by atoms with Crippen LogP contribution in [-0.2, 0) is 6.54 Å². The fourth-order valence-electron chi connectivity index (χ4n) is 1.98. The van der Waals surface area contributed by atoms with Gasteiger partial charge in [-0.15, -0.1) is 0 Å². The normalized spacial score (nSPS) is 20.2. The zero-order chi connectivity index (χ0) is 12.1. The van der Waals surface area contributed by atoms with E-state index in [1.54, 1.807) is 7.11 Å². The molecule has 0 bridgehead atoms. The van der Waals surface area contributed by atoms with Crippen molar-refractivity contribution in [1.29, 1.82) is 0 Å². The molecule has 1 N–H and O–H groups in total. The molecule has 0 aliphatic carbocycles. The Bertz CT molecular complexity index is 366. The monoisotopic (exact) mass is 271 g/mol. The van der Waals surface area contributed by atoms with Crippen molar-refractivity contribution in [2.24, 2.45) is 0 Å². The number of rotatable bonds is 4. The predicted octanol–water partition coefficient (Wildman–Crippen LogP) is 3.33. The highest BCUT2D eigenvalue weighted by molar-refractivity contribution is 7.99. The van der Waals surface area contributed by atoms with Crippen LogP contribution in [0.1, 0.15) is 18.4 Å². The summed E-state index contributed by atoms with van der Waals surface area (Å²) < 4.78 is 5.14. The van der Waals surface area contributed by atoms with Gasteiger partial charge in [0.1, 0.15) is 5.75 Å². The van der Waals surface area contributed by atoms with Gasteiger partial charge in [0.25, 0.3) is 0 Å². The van der Waals surface area contributed by atoms with Gasteiger partial charge in [-0.3, -0.25) is 0 Å². The minimum absolute atomic E-state index is 0.648. The second-order valence-corrected chi connectivity index (χ2v) is 5.82. The van der Waals surface area contributed by atoms with Gasteiger partial charge in [-0.25, -0.2) is 0 Å². The molecule has 0 saturated carbocycles. The Kier molecular flexibility index (Phi) is 5.01. The highest BCUT2D eigenvalue weighted by atomic mass is 35.5. The molecule has 0 aromatic heterocycles. The summed E-state index contributed by atoms with van der Waals surface area (Å²) in [6.07, 6.45) is 2.61. The smallest absolute Gasteiger partial charge is 0.137 e. The summed E-state index contributed by atoms with van der Waals surface area (Å²) in [4.78, 5) is 0. The van der Waals surface area contributed by atoms with E-state index in [1.165, 1.54) is 29.9 Å². The zero-order valence-corrected chi connectivity index (χ0v) is 11.6. The van der Waals surface area contributed by atoms with Crippen molar-refractivity contribution in [1.82, 2.24) is 5.32 Å². The Morgan fingerprint density at radius 2 is 2.41 bits per heavy atom. The summed E-state index contributed by atoms with van der Waals surface area (Å²) in [5.41, 5.74) is 1.21. The van der Waals surface area contributed by atoms with Crippen LogP contribution in [0, 0.1) is 0 Å². The first-order chi connectivity index (χ1) is 8.29. The van der Waals surface area contributed by atoms with Crippen LogP contribution >= 0.6 is 23.4 Å². The van der Waals surface area contributed by atoms with Gasteiger partial charge in [0, 0.05) is 18.3 Å². The third-order valence-corrected chi connectivity index (χ3v) is 4.48. The first-order valence-corrected chi connectivity index (χ1v) is 7.46. The van der Waals surface area contributed by atoms with Gasteiger partial charge in [-0.05, 0) is 36.3 Å². The van der Waals surface area contributed by atoms with Crippen LogP contribution in [0.4, 0.5) is 0 Å². The maximum absolute atomic E-state index is 6.09. The summed E-state index contributed by atoms with van der Waals surface area (Å²) in [6.45, 7) is 0.884. The maximum atomic E-state index is 6.09. The van der Waals surface area contributed by atoms with Gasteiger partial charge in [0.2, 0.25) is 0 Å². The van der Waals surface area contributed by atoms with E-state index in [0.29, 0.717) is 11.1 Å². The molecule has 17 heavy (non-hydrogen) atoms. The molecule has 0 spiro atoms. The molecule has 2 rings (SSSR count). The quantitative estimate of drug-likeness (QED) is 0.908. The van der Waals surface area contributed by atoms with Gasteiger partial charge in [0.15, 0.2) is 0 Å². The molecule has 1 saturated heterocycles. The van der Waals surface area contributed by atoms with Crippen molar-refractivity contribution in [3.05, 3.63) is 28.8 Å². The molecule has 1 unspecified atom stereocenters. The van der Waals surface area contributed by atoms with Crippen LogP contribution in [0.3, 0.4) is 0 Å².